The van der Waals surface area contributed by atoms with Crippen LogP contribution in [0.4, 0.5) is 0 Å². The van der Waals surface area contributed by atoms with E-state index in [4.69, 9.17) is 12.2 Å². The molecule has 0 aliphatic carbocycles. The highest BCUT2D eigenvalue weighted by atomic mass is 32.1. The molecule has 90 valence electrons. The zero-order chi connectivity index (χ0) is 12.3. The van der Waals surface area contributed by atoms with Crippen LogP contribution < -0.4 is 0 Å². The molecular weight excluding hydrogens is 232 g/mol. The normalized spacial score (nSPS) is 10.7. The topological polar surface area (TPSA) is 34.0 Å². The van der Waals surface area contributed by atoms with Gasteiger partial charge in [0.2, 0.25) is 0 Å². The monoisotopic (exact) mass is 248 g/mol. The fourth-order valence-corrected chi connectivity index (χ4v) is 1.89. The summed E-state index contributed by atoms with van der Waals surface area (Å²) in [4.78, 5) is 2.04. The number of thiocarbonyl (C=S) groups is 1. The molecule has 0 bridgehead atoms. The Labute approximate surface area is 106 Å². The lowest BCUT2D eigenvalue weighted by atomic mass is 10.3. The molecule has 2 rings (SSSR count). The first-order valence-corrected chi connectivity index (χ1v) is 6.20. The summed E-state index contributed by atoms with van der Waals surface area (Å²) < 4.78 is 1.72. The van der Waals surface area contributed by atoms with Gasteiger partial charge in [-0.15, -0.1) is 5.10 Å². The van der Waals surface area contributed by atoms with Crippen molar-refractivity contribution in [2.24, 2.45) is 0 Å². The van der Waals surface area contributed by atoms with Gasteiger partial charge in [0.25, 0.3) is 0 Å². The maximum atomic E-state index is 5.42. The van der Waals surface area contributed by atoms with Crippen molar-refractivity contribution in [2.45, 2.75) is 19.8 Å². The van der Waals surface area contributed by atoms with Gasteiger partial charge in [0.05, 0.1) is 5.52 Å². The maximum Gasteiger partial charge on any atom is 0.198 e. The Kier molecular flexibility index (Phi) is 3.68. The van der Waals surface area contributed by atoms with E-state index in [1.54, 1.807) is 4.68 Å². The number of rotatable bonds is 3. The van der Waals surface area contributed by atoms with Gasteiger partial charge in [-0.3, -0.25) is 0 Å². The Balaban J connectivity index is 2.24. The maximum absolute atomic E-state index is 5.42. The zero-order valence-corrected chi connectivity index (χ0v) is 10.9. The lowest BCUT2D eigenvalue weighted by Crippen LogP contribution is -2.32. The minimum absolute atomic E-state index is 0.701. The van der Waals surface area contributed by atoms with E-state index in [2.05, 4.69) is 17.2 Å². The molecule has 0 saturated heterocycles. The van der Waals surface area contributed by atoms with Gasteiger partial charge in [-0.25, -0.2) is 0 Å². The van der Waals surface area contributed by atoms with E-state index in [0.29, 0.717) is 5.11 Å². The van der Waals surface area contributed by atoms with E-state index in [9.17, 15) is 0 Å². The van der Waals surface area contributed by atoms with E-state index < -0.39 is 0 Å². The van der Waals surface area contributed by atoms with Crippen molar-refractivity contribution in [2.75, 3.05) is 13.6 Å². The minimum atomic E-state index is 0.701. The summed E-state index contributed by atoms with van der Waals surface area (Å²) in [5.41, 5.74) is 1.83. The third kappa shape index (κ3) is 2.44. The number of unbranched alkanes of at least 4 members (excludes halogenated alkanes) is 1. The van der Waals surface area contributed by atoms with E-state index in [-0.39, 0.29) is 0 Å². The van der Waals surface area contributed by atoms with E-state index in [1.807, 2.05) is 36.2 Å². The Bertz CT molecular complexity index is 520. The number of fused-ring (bicyclic) bond motifs is 1. The lowest BCUT2D eigenvalue weighted by molar-refractivity contribution is 0.474. The second kappa shape index (κ2) is 5.23. The quantitative estimate of drug-likeness (QED) is 0.781. The smallest absolute Gasteiger partial charge is 0.198 e. The van der Waals surface area contributed by atoms with Crippen molar-refractivity contribution < 1.29 is 0 Å². The lowest BCUT2D eigenvalue weighted by Gasteiger charge is -2.19. The molecule has 0 radical (unpaired) electrons. The molecule has 1 heterocycles. The Hall–Kier alpha value is -1.49. The van der Waals surface area contributed by atoms with Gasteiger partial charge in [0, 0.05) is 13.6 Å². The molecular formula is C12H16N4S. The van der Waals surface area contributed by atoms with Gasteiger partial charge < -0.3 is 4.90 Å². The van der Waals surface area contributed by atoms with Gasteiger partial charge in [0.15, 0.2) is 5.11 Å². The van der Waals surface area contributed by atoms with Gasteiger partial charge in [0.1, 0.15) is 5.52 Å². The summed E-state index contributed by atoms with van der Waals surface area (Å²) in [5, 5.41) is 8.91. The van der Waals surface area contributed by atoms with E-state index >= 15 is 0 Å². The first-order chi connectivity index (χ1) is 8.24. The summed E-state index contributed by atoms with van der Waals surface area (Å²) >= 11 is 5.42. The number of para-hydroxylation sites is 1. The first kappa shape index (κ1) is 12.0. The highest BCUT2D eigenvalue weighted by Gasteiger charge is 2.11. The molecule has 4 nitrogen and oxygen atoms in total. The summed E-state index contributed by atoms with van der Waals surface area (Å²) in [7, 11) is 1.99. The molecule has 0 aliphatic rings. The summed E-state index contributed by atoms with van der Waals surface area (Å²) in [5.74, 6) is 0. The summed E-state index contributed by atoms with van der Waals surface area (Å²) in [6.45, 7) is 3.12. The van der Waals surface area contributed by atoms with Crippen LogP contribution in [0.1, 0.15) is 19.8 Å². The van der Waals surface area contributed by atoms with Crippen molar-refractivity contribution in [3.63, 3.8) is 0 Å². The highest BCUT2D eigenvalue weighted by molar-refractivity contribution is 7.80. The molecule has 0 saturated carbocycles. The Morgan fingerprint density at radius 3 is 2.94 bits per heavy atom. The predicted octanol–water partition coefficient (Wildman–Crippen LogP) is 2.30. The van der Waals surface area contributed by atoms with Crippen LogP contribution >= 0.6 is 12.2 Å². The van der Waals surface area contributed by atoms with Gasteiger partial charge in [-0.05, 0) is 30.8 Å². The third-order valence-corrected chi connectivity index (χ3v) is 3.19. The second-order valence-corrected chi connectivity index (χ2v) is 4.41. The number of aromatic nitrogens is 3. The average Bonchev–Trinajstić information content (AvgIpc) is 2.78. The summed E-state index contributed by atoms with van der Waals surface area (Å²) in [6.07, 6.45) is 2.29. The number of benzene rings is 1. The minimum Gasteiger partial charge on any atom is -0.350 e. The van der Waals surface area contributed by atoms with Crippen molar-refractivity contribution in [3.05, 3.63) is 24.3 Å². The fourth-order valence-electron chi connectivity index (χ4n) is 1.66. The molecule has 0 spiro atoms. The van der Waals surface area contributed by atoms with Crippen LogP contribution in [-0.2, 0) is 0 Å². The van der Waals surface area contributed by atoms with Crippen LogP contribution in [0.25, 0.3) is 11.0 Å². The van der Waals surface area contributed by atoms with Gasteiger partial charge >= 0.3 is 0 Å². The molecule has 0 amide bonds. The Morgan fingerprint density at radius 1 is 1.41 bits per heavy atom. The second-order valence-electron chi connectivity index (χ2n) is 4.05. The van der Waals surface area contributed by atoms with Crippen LogP contribution in [-0.4, -0.2) is 38.6 Å². The Morgan fingerprint density at radius 2 is 2.18 bits per heavy atom. The highest BCUT2D eigenvalue weighted by Crippen LogP contribution is 2.10. The van der Waals surface area contributed by atoms with Gasteiger partial charge in [-0.2, -0.15) is 4.68 Å². The number of hydrogen-bond acceptors (Lipinski definition) is 3. The van der Waals surface area contributed by atoms with Crippen LogP contribution in [0.2, 0.25) is 0 Å². The van der Waals surface area contributed by atoms with Crippen molar-refractivity contribution in [1.82, 2.24) is 19.9 Å². The largest absolute Gasteiger partial charge is 0.350 e. The molecule has 5 heteroatoms. The predicted molar refractivity (Wildman–Crippen MR) is 73.1 cm³/mol. The molecule has 0 fully saturated rings. The first-order valence-electron chi connectivity index (χ1n) is 5.80. The van der Waals surface area contributed by atoms with Crippen molar-refractivity contribution in [1.29, 1.82) is 0 Å². The van der Waals surface area contributed by atoms with Crippen LogP contribution in [0.3, 0.4) is 0 Å². The van der Waals surface area contributed by atoms with Crippen LogP contribution in [0, 0.1) is 0 Å². The molecule has 0 N–H and O–H groups in total. The molecule has 0 aliphatic heterocycles. The molecule has 0 atom stereocenters. The van der Waals surface area contributed by atoms with Crippen LogP contribution in [0.5, 0.6) is 0 Å². The third-order valence-electron chi connectivity index (χ3n) is 2.71. The van der Waals surface area contributed by atoms with Crippen molar-refractivity contribution in [3.8, 4) is 0 Å². The van der Waals surface area contributed by atoms with E-state index in [0.717, 1.165) is 30.4 Å². The van der Waals surface area contributed by atoms with Gasteiger partial charge in [-0.1, -0.05) is 30.7 Å². The number of nitrogens with zero attached hydrogens (tertiary/aromatic N) is 4. The standard InChI is InChI=1S/C12H16N4S/c1-3-4-9-15(2)12(17)16-11-8-6-5-7-10(11)13-14-16/h5-8H,3-4,9H2,1-2H3. The molecule has 1 aromatic carbocycles. The van der Waals surface area contributed by atoms with Crippen molar-refractivity contribution >= 4 is 28.4 Å². The zero-order valence-electron chi connectivity index (χ0n) is 10.1. The number of hydrogen-bond donors (Lipinski definition) is 0. The molecule has 1 aromatic heterocycles. The SMILES string of the molecule is CCCCN(C)C(=S)n1nnc2ccccc21. The molecule has 2 aromatic rings. The average molecular weight is 248 g/mol. The summed E-state index contributed by atoms with van der Waals surface area (Å²) in [6, 6.07) is 7.84. The molecule has 17 heavy (non-hydrogen) atoms. The molecule has 0 unspecified atom stereocenters. The van der Waals surface area contributed by atoms with E-state index in [1.165, 1.54) is 0 Å². The van der Waals surface area contributed by atoms with Crippen LogP contribution in [0.15, 0.2) is 24.3 Å². The fraction of sp³-hybridized carbons (Fsp3) is 0.417.